The summed E-state index contributed by atoms with van der Waals surface area (Å²) in [6.45, 7) is 6.97. The molecule has 0 radical (unpaired) electrons. The molecular weight excluding hydrogens is 250 g/mol. The summed E-state index contributed by atoms with van der Waals surface area (Å²) in [7, 11) is 1.65. The second-order valence-electron chi connectivity index (χ2n) is 5.30. The quantitative estimate of drug-likeness (QED) is 0.771. The van der Waals surface area contributed by atoms with Crippen molar-refractivity contribution in [2.24, 2.45) is 5.92 Å². The summed E-state index contributed by atoms with van der Waals surface area (Å²) in [5.41, 5.74) is 1.85. The fourth-order valence-corrected chi connectivity index (χ4v) is 1.83. The van der Waals surface area contributed by atoms with Crippen LogP contribution in [0.15, 0.2) is 29.8 Å². The molecule has 0 saturated carbocycles. The van der Waals surface area contributed by atoms with E-state index in [1.807, 2.05) is 30.3 Å². The molecular formula is C17H25NO2. The molecule has 0 unspecified atom stereocenters. The maximum atomic E-state index is 12.2. The average Bonchev–Trinajstić information content (AvgIpc) is 2.45. The molecule has 3 nitrogen and oxygen atoms in total. The van der Waals surface area contributed by atoms with E-state index in [4.69, 9.17) is 4.74 Å². The van der Waals surface area contributed by atoms with Gasteiger partial charge in [-0.3, -0.25) is 4.79 Å². The Morgan fingerprint density at radius 2 is 1.95 bits per heavy atom. The normalized spacial score (nSPS) is 11.6. The molecule has 1 rings (SSSR count). The zero-order valence-corrected chi connectivity index (χ0v) is 12.9. The van der Waals surface area contributed by atoms with Crippen LogP contribution in [0, 0.1) is 5.92 Å². The lowest BCUT2D eigenvalue weighted by Crippen LogP contribution is -2.28. The zero-order chi connectivity index (χ0) is 15.0. The molecule has 0 aromatic heterocycles. The lowest BCUT2D eigenvalue weighted by molar-refractivity contribution is -0.117. The highest BCUT2D eigenvalue weighted by Crippen LogP contribution is 2.16. The first-order valence-electron chi connectivity index (χ1n) is 7.19. The Balaban J connectivity index is 2.81. The summed E-state index contributed by atoms with van der Waals surface area (Å²) in [6, 6.07) is 7.73. The predicted molar refractivity (Wildman–Crippen MR) is 83.7 cm³/mol. The van der Waals surface area contributed by atoms with Gasteiger partial charge in [-0.05, 0) is 36.1 Å². The largest absolute Gasteiger partial charge is 0.497 e. The summed E-state index contributed by atoms with van der Waals surface area (Å²) in [5, 5.41) is 2.98. The van der Waals surface area contributed by atoms with Gasteiger partial charge < -0.3 is 10.1 Å². The van der Waals surface area contributed by atoms with Crippen LogP contribution in [0.3, 0.4) is 0 Å². The van der Waals surface area contributed by atoms with E-state index in [2.05, 4.69) is 26.1 Å². The van der Waals surface area contributed by atoms with Crippen LogP contribution in [-0.2, 0) is 4.79 Å². The van der Waals surface area contributed by atoms with Gasteiger partial charge in [-0.15, -0.1) is 0 Å². The minimum absolute atomic E-state index is 0.0383. The Kier molecular flexibility index (Phi) is 6.85. The third kappa shape index (κ3) is 5.47. The molecule has 0 aliphatic heterocycles. The number of hydrogen-bond acceptors (Lipinski definition) is 2. The number of ether oxygens (including phenoxy) is 1. The summed E-state index contributed by atoms with van der Waals surface area (Å²) in [5.74, 6) is 1.32. The van der Waals surface area contributed by atoms with Crippen LogP contribution in [0.5, 0.6) is 5.75 Å². The van der Waals surface area contributed by atoms with Crippen molar-refractivity contribution in [2.45, 2.75) is 33.6 Å². The first kappa shape index (κ1) is 16.3. The number of rotatable bonds is 7. The summed E-state index contributed by atoms with van der Waals surface area (Å²) >= 11 is 0. The van der Waals surface area contributed by atoms with Gasteiger partial charge in [0.25, 0.3) is 0 Å². The van der Waals surface area contributed by atoms with Gasteiger partial charge in [-0.2, -0.15) is 0 Å². The minimum atomic E-state index is 0.0383. The molecule has 3 heteroatoms. The molecule has 0 aliphatic carbocycles. The van der Waals surface area contributed by atoms with Gasteiger partial charge in [0, 0.05) is 12.1 Å². The van der Waals surface area contributed by atoms with E-state index in [-0.39, 0.29) is 5.91 Å². The third-order valence-corrected chi connectivity index (χ3v) is 2.94. The van der Waals surface area contributed by atoms with Crippen molar-refractivity contribution in [1.29, 1.82) is 0 Å². The van der Waals surface area contributed by atoms with Crippen molar-refractivity contribution in [3.05, 3.63) is 35.4 Å². The van der Waals surface area contributed by atoms with Gasteiger partial charge in [0.2, 0.25) is 5.91 Å². The van der Waals surface area contributed by atoms with E-state index >= 15 is 0 Å². The first-order valence-corrected chi connectivity index (χ1v) is 7.19. The number of methoxy groups -OCH3 is 1. The number of carbonyl (C=O) groups excluding carboxylic acids is 1. The molecule has 0 saturated heterocycles. The Bertz CT molecular complexity index is 447. The number of nitrogens with one attached hydrogen (secondary N) is 1. The maximum absolute atomic E-state index is 12.2. The standard InChI is InChI=1S/C17H25NO2/c1-5-6-15(17(19)18-12-13(2)3)11-14-7-9-16(20-4)10-8-14/h7-11,13H,5-6,12H2,1-4H3,(H,18,19)/b15-11+. The molecule has 0 fully saturated rings. The molecule has 1 aromatic carbocycles. The number of benzene rings is 1. The number of hydrogen-bond donors (Lipinski definition) is 1. The lowest BCUT2D eigenvalue weighted by Gasteiger charge is -2.10. The highest BCUT2D eigenvalue weighted by molar-refractivity contribution is 5.97. The second kappa shape index (κ2) is 8.41. The van der Waals surface area contributed by atoms with Crippen molar-refractivity contribution in [3.8, 4) is 5.75 Å². The van der Waals surface area contributed by atoms with Crippen molar-refractivity contribution in [3.63, 3.8) is 0 Å². The fourth-order valence-electron chi connectivity index (χ4n) is 1.83. The van der Waals surface area contributed by atoms with Crippen LogP contribution < -0.4 is 10.1 Å². The van der Waals surface area contributed by atoms with Crippen LogP contribution in [0.25, 0.3) is 6.08 Å². The van der Waals surface area contributed by atoms with E-state index < -0.39 is 0 Å². The zero-order valence-electron chi connectivity index (χ0n) is 12.9. The van der Waals surface area contributed by atoms with E-state index in [1.54, 1.807) is 7.11 Å². The average molecular weight is 275 g/mol. The number of carbonyl (C=O) groups is 1. The maximum Gasteiger partial charge on any atom is 0.247 e. The summed E-state index contributed by atoms with van der Waals surface area (Å²) in [6.07, 6.45) is 3.70. The SMILES string of the molecule is CCC/C(=C\c1ccc(OC)cc1)C(=O)NCC(C)C. The molecule has 0 atom stereocenters. The molecule has 1 aromatic rings. The molecule has 110 valence electrons. The van der Waals surface area contributed by atoms with Crippen LogP contribution in [0.1, 0.15) is 39.2 Å². The lowest BCUT2D eigenvalue weighted by atomic mass is 10.1. The van der Waals surface area contributed by atoms with Crippen LogP contribution >= 0.6 is 0 Å². The molecule has 1 N–H and O–H groups in total. The highest BCUT2D eigenvalue weighted by Gasteiger charge is 2.09. The van der Waals surface area contributed by atoms with E-state index in [0.29, 0.717) is 12.5 Å². The van der Waals surface area contributed by atoms with E-state index in [9.17, 15) is 4.79 Å². The highest BCUT2D eigenvalue weighted by atomic mass is 16.5. The van der Waals surface area contributed by atoms with Crippen molar-refractivity contribution < 1.29 is 9.53 Å². The van der Waals surface area contributed by atoms with Gasteiger partial charge in [0.1, 0.15) is 5.75 Å². The fraction of sp³-hybridized carbons (Fsp3) is 0.471. The van der Waals surface area contributed by atoms with Gasteiger partial charge in [-0.1, -0.05) is 39.3 Å². The van der Waals surface area contributed by atoms with Crippen molar-refractivity contribution in [1.82, 2.24) is 5.32 Å². The van der Waals surface area contributed by atoms with Gasteiger partial charge in [0.05, 0.1) is 7.11 Å². The monoisotopic (exact) mass is 275 g/mol. The Morgan fingerprint density at radius 1 is 1.30 bits per heavy atom. The topological polar surface area (TPSA) is 38.3 Å². The number of amides is 1. The van der Waals surface area contributed by atoms with Gasteiger partial charge >= 0.3 is 0 Å². The third-order valence-electron chi connectivity index (χ3n) is 2.94. The molecule has 0 heterocycles. The second-order valence-corrected chi connectivity index (χ2v) is 5.30. The van der Waals surface area contributed by atoms with Crippen LogP contribution in [0.4, 0.5) is 0 Å². The van der Waals surface area contributed by atoms with E-state index in [1.165, 1.54) is 0 Å². The van der Waals surface area contributed by atoms with Gasteiger partial charge in [0.15, 0.2) is 0 Å². The van der Waals surface area contributed by atoms with Crippen molar-refractivity contribution >= 4 is 12.0 Å². The molecule has 0 spiro atoms. The van der Waals surface area contributed by atoms with Gasteiger partial charge in [-0.25, -0.2) is 0 Å². The van der Waals surface area contributed by atoms with Crippen LogP contribution in [0.2, 0.25) is 0 Å². The van der Waals surface area contributed by atoms with Crippen molar-refractivity contribution in [2.75, 3.05) is 13.7 Å². The molecule has 0 aliphatic rings. The summed E-state index contributed by atoms with van der Waals surface area (Å²) in [4.78, 5) is 12.2. The molecule has 0 bridgehead atoms. The predicted octanol–water partition coefficient (Wildman–Crippen LogP) is 3.65. The Morgan fingerprint density at radius 3 is 2.45 bits per heavy atom. The first-order chi connectivity index (χ1) is 9.56. The summed E-state index contributed by atoms with van der Waals surface area (Å²) < 4.78 is 5.13. The minimum Gasteiger partial charge on any atom is -0.497 e. The van der Waals surface area contributed by atoms with E-state index in [0.717, 1.165) is 29.7 Å². The Hall–Kier alpha value is -1.77. The smallest absolute Gasteiger partial charge is 0.247 e. The van der Waals surface area contributed by atoms with Crippen LogP contribution in [-0.4, -0.2) is 19.6 Å². The molecule has 20 heavy (non-hydrogen) atoms. The Labute approximate surface area is 122 Å². The molecule has 1 amide bonds.